The molecule has 0 amide bonds. The molecule has 11 heteroatoms. The van der Waals surface area contributed by atoms with Crippen molar-refractivity contribution in [3.63, 3.8) is 0 Å². The number of aromatic nitrogens is 1. The van der Waals surface area contributed by atoms with Crippen LogP contribution in [0.15, 0.2) is 35.2 Å². The van der Waals surface area contributed by atoms with Gasteiger partial charge in [-0.2, -0.15) is 11.3 Å². The van der Waals surface area contributed by atoms with Gasteiger partial charge in [-0.1, -0.05) is 0 Å². The fourth-order valence-electron chi connectivity index (χ4n) is 2.66. The lowest BCUT2D eigenvalue weighted by molar-refractivity contribution is 0.198. The van der Waals surface area contributed by atoms with E-state index in [9.17, 15) is 9.13 Å². The van der Waals surface area contributed by atoms with Crippen LogP contribution in [0.5, 0.6) is 0 Å². The summed E-state index contributed by atoms with van der Waals surface area (Å²) in [5.74, 6) is 0.359. The molecule has 0 aliphatic rings. The molecule has 0 aliphatic carbocycles. The molecule has 0 aromatic carbocycles. The maximum Gasteiger partial charge on any atom is 0.365 e. The molecular formula is C18H28N2O6P2S. The lowest BCUT2D eigenvalue weighted by Crippen LogP contribution is -2.26. The number of anilines is 1. The van der Waals surface area contributed by atoms with Gasteiger partial charge in [0, 0.05) is 6.20 Å². The molecule has 0 spiro atoms. The molecule has 2 rings (SSSR count). The second-order valence-electron chi connectivity index (χ2n) is 5.71. The number of pyridine rings is 1. The molecule has 0 bridgehead atoms. The molecule has 2 aromatic rings. The molecule has 8 nitrogen and oxygen atoms in total. The summed E-state index contributed by atoms with van der Waals surface area (Å²) in [5.41, 5.74) is 0.570. The van der Waals surface area contributed by atoms with E-state index in [1.54, 1.807) is 51.3 Å². The molecule has 0 radical (unpaired) electrons. The highest BCUT2D eigenvalue weighted by atomic mass is 32.1. The first-order chi connectivity index (χ1) is 13.9. The van der Waals surface area contributed by atoms with Crippen molar-refractivity contribution >= 4 is 32.3 Å². The van der Waals surface area contributed by atoms with E-state index in [4.69, 9.17) is 18.1 Å². The van der Waals surface area contributed by atoms with Gasteiger partial charge in [-0.3, -0.25) is 9.13 Å². The van der Waals surface area contributed by atoms with Gasteiger partial charge in [0.15, 0.2) is 0 Å². The van der Waals surface area contributed by atoms with E-state index in [2.05, 4.69) is 10.3 Å². The Labute approximate surface area is 176 Å². The zero-order chi connectivity index (χ0) is 21.3. The molecule has 29 heavy (non-hydrogen) atoms. The number of rotatable bonds is 13. The number of thiophene rings is 1. The van der Waals surface area contributed by atoms with E-state index in [1.807, 2.05) is 22.9 Å². The first-order valence-corrected chi connectivity index (χ1v) is 13.6. The van der Waals surface area contributed by atoms with E-state index in [1.165, 1.54) is 0 Å². The van der Waals surface area contributed by atoms with Gasteiger partial charge in [0.05, 0.1) is 26.4 Å². The van der Waals surface area contributed by atoms with Crippen molar-refractivity contribution in [1.82, 2.24) is 4.98 Å². The molecule has 0 atom stereocenters. The predicted molar refractivity (Wildman–Crippen MR) is 117 cm³/mol. The minimum absolute atomic E-state index is 0.107. The van der Waals surface area contributed by atoms with Gasteiger partial charge >= 0.3 is 15.2 Å². The minimum Gasteiger partial charge on any atom is -0.346 e. The fraction of sp³-hybridized carbons (Fsp3) is 0.500. The van der Waals surface area contributed by atoms with E-state index >= 15 is 0 Å². The summed E-state index contributed by atoms with van der Waals surface area (Å²) >= 11 is 1.58. The van der Waals surface area contributed by atoms with Crippen molar-refractivity contribution in [1.29, 1.82) is 0 Å². The van der Waals surface area contributed by atoms with Crippen LogP contribution < -0.4 is 5.32 Å². The lowest BCUT2D eigenvalue weighted by Gasteiger charge is -2.32. The van der Waals surface area contributed by atoms with E-state index in [0.717, 1.165) is 11.1 Å². The fourth-order valence-corrected chi connectivity index (χ4v) is 8.24. The van der Waals surface area contributed by atoms with Gasteiger partial charge in [0.1, 0.15) is 5.82 Å². The van der Waals surface area contributed by atoms with Crippen molar-refractivity contribution in [3.8, 4) is 11.1 Å². The summed E-state index contributed by atoms with van der Waals surface area (Å²) < 4.78 is 49.0. The summed E-state index contributed by atoms with van der Waals surface area (Å²) in [5, 5.41) is 6.95. The van der Waals surface area contributed by atoms with Gasteiger partial charge in [-0.15, -0.1) is 0 Å². The third kappa shape index (κ3) is 6.22. The average molecular weight is 462 g/mol. The van der Waals surface area contributed by atoms with Crippen LogP contribution in [0.2, 0.25) is 0 Å². The van der Waals surface area contributed by atoms with Gasteiger partial charge in [-0.05, 0) is 67.8 Å². The highest BCUT2D eigenvalue weighted by molar-refractivity contribution is 7.72. The Kier molecular flexibility index (Phi) is 9.50. The normalized spacial score (nSPS) is 12.4. The zero-order valence-electron chi connectivity index (χ0n) is 17.1. The maximum atomic E-state index is 13.6. The van der Waals surface area contributed by atoms with E-state index < -0.39 is 20.7 Å². The summed E-state index contributed by atoms with van der Waals surface area (Å²) in [4.78, 5) is 4.28. The summed E-state index contributed by atoms with van der Waals surface area (Å²) in [6.45, 7) is 7.17. The summed E-state index contributed by atoms with van der Waals surface area (Å²) in [6.07, 6.45) is 1.62. The maximum absolute atomic E-state index is 13.6. The van der Waals surface area contributed by atoms with Crippen molar-refractivity contribution in [2.24, 2.45) is 0 Å². The smallest absolute Gasteiger partial charge is 0.346 e. The van der Waals surface area contributed by atoms with Crippen LogP contribution in [0.4, 0.5) is 5.82 Å². The van der Waals surface area contributed by atoms with Gasteiger partial charge in [-0.25, -0.2) is 4.98 Å². The Hall–Kier alpha value is -1.05. The van der Waals surface area contributed by atoms with Crippen molar-refractivity contribution in [2.45, 2.75) is 33.2 Å². The molecule has 2 heterocycles. The molecule has 0 aliphatic heterocycles. The number of hydrogen-bond donors (Lipinski definition) is 1. The van der Waals surface area contributed by atoms with Crippen LogP contribution in [0.25, 0.3) is 11.1 Å². The van der Waals surface area contributed by atoms with Gasteiger partial charge < -0.3 is 23.4 Å². The van der Waals surface area contributed by atoms with Crippen molar-refractivity contribution < 1.29 is 27.2 Å². The quantitative estimate of drug-likeness (QED) is 0.360. The Morgan fingerprint density at radius 3 is 1.93 bits per heavy atom. The Balaban J connectivity index is 2.48. The van der Waals surface area contributed by atoms with E-state index in [0.29, 0.717) is 5.82 Å². The van der Waals surface area contributed by atoms with Crippen LogP contribution >= 0.6 is 26.5 Å². The predicted octanol–water partition coefficient (Wildman–Crippen LogP) is 6.04. The number of hydrogen-bond acceptors (Lipinski definition) is 9. The van der Waals surface area contributed by atoms with Crippen LogP contribution in [-0.4, -0.2) is 36.9 Å². The topological polar surface area (TPSA) is 96.0 Å². The van der Waals surface area contributed by atoms with Crippen LogP contribution in [0, 0.1) is 0 Å². The highest BCUT2D eigenvalue weighted by Gasteiger charge is 2.51. The first-order valence-electron chi connectivity index (χ1n) is 9.45. The molecular weight excluding hydrogens is 434 g/mol. The average Bonchev–Trinajstić information content (AvgIpc) is 3.22. The number of nitrogens with one attached hydrogen (secondary N) is 1. The van der Waals surface area contributed by atoms with Crippen LogP contribution in [0.3, 0.4) is 0 Å². The second-order valence-corrected chi connectivity index (χ2v) is 11.1. The van der Waals surface area contributed by atoms with Gasteiger partial charge in [0.25, 0.3) is 0 Å². The summed E-state index contributed by atoms with van der Waals surface area (Å²) in [7, 11) is -7.83. The van der Waals surface area contributed by atoms with Gasteiger partial charge in [0.2, 0.25) is 5.52 Å². The first kappa shape index (κ1) is 24.2. The SMILES string of the molecule is CCOP(=O)(OCC)C(Nc1cc(-c2ccsc2)ccn1)P(=O)(OCC)OCC. The highest BCUT2D eigenvalue weighted by Crippen LogP contribution is 2.70. The Morgan fingerprint density at radius 2 is 1.48 bits per heavy atom. The third-order valence-corrected chi connectivity index (χ3v) is 10.0. The molecule has 1 N–H and O–H groups in total. The minimum atomic E-state index is -3.91. The molecule has 0 unspecified atom stereocenters. The van der Waals surface area contributed by atoms with E-state index in [-0.39, 0.29) is 26.4 Å². The molecule has 162 valence electrons. The second kappa shape index (κ2) is 11.4. The standard InChI is InChI=1S/C18H28N2O6P2S/c1-5-23-27(21,24-6-2)18(28(22,25-7-3)26-8-4)20-17-13-15(9-11-19-17)16-10-12-29-14-16/h9-14,18H,5-8H2,1-4H3,(H,19,20). The Morgan fingerprint density at radius 1 is 0.931 bits per heavy atom. The molecule has 0 saturated carbocycles. The van der Waals surface area contributed by atoms with Crippen LogP contribution in [0.1, 0.15) is 27.7 Å². The summed E-state index contributed by atoms with van der Waals surface area (Å²) in [6, 6.07) is 5.62. The molecule has 2 aromatic heterocycles. The third-order valence-electron chi connectivity index (χ3n) is 3.73. The lowest BCUT2D eigenvalue weighted by atomic mass is 10.1. The van der Waals surface area contributed by atoms with Crippen molar-refractivity contribution in [3.05, 3.63) is 35.2 Å². The monoisotopic (exact) mass is 462 g/mol. The Bertz CT molecular complexity index is 799. The molecule has 0 fully saturated rings. The van der Waals surface area contributed by atoms with Crippen molar-refractivity contribution in [2.75, 3.05) is 31.7 Å². The van der Waals surface area contributed by atoms with Crippen LogP contribution in [-0.2, 0) is 27.2 Å². The largest absolute Gasteiger partial charge is 0.365 e. The zero-order valence-corrected chi connectivity index (χ0v) is 19.7. The molecule has 0 saturated heterocycles. The number of nitrogens with zero attached hydrogens (tertiary/aromatic N) is 1.